The van der Waals surface area contributed by atoms with Gasteiger partial charge < -0.3 is 10.1 Å². The smallest absolute Gasteiger partial charge is 0.307 e. The molecule has 0 rings (SSSR count). The first-order chi connectivity index (χ1) is 7.74. The fraction of sp³-hybridized carbons (Fsp3) is 0.583. The van der Waals surface area contributed by atoms with Gasteiger partial charge in [-0.05, 0) is 36.5 Å². The van der Waals surface area contributed by atoms with Gasteiger partial charge in [0.1, 0.15) is 0 Å². The Morgan fingerprint density at radius 2 is 2.38 bits per heavy atom. The van der Waals surface area contributed by atoms with Crippen molar-refractivity contribution in [2.75, 3.05) is 11.0 Å². The lowest BCUT2D eigenvalue weighted by Crippen LogP contribution is -2.28. The highest BCUT2D eigenvalue weighted by atomic mass is 127. The highest BCUT2D eigenvalue weighted by Gasteiger charge is 2.12. The van der Waals surface area contributed by atoms with E-state index in [4.69, 9.17) is 4.74 Å². The second kappa shape index (κ2) is 11.0. The number of hydrogen-bond acceptors (Lipinski definition) is 3. The molecule has 0 aromatic carbocycles. The summed E-state index contributed by atoms with van der Waals surface area (Å²) in [6.45, 7) is 5.86. The van der Waals surface area contributed by atoms with Crippen LogP contribution in [0.1, 0.15) is 26.2 Å². The van der Waals surface area contributed by atoms with Gasteiger partial charge in [-0.2, -0.15) is 0 Å². The molecule has 0 aromatic heterocycles. The summed E-state index contributed by atoms with van der Waals surface area (Å²) < 4.78 is 6.03. The number of carbonyl (C=O) groups is 1. The fourth-order valence-corrected chi connectivity index (χ4v) is 1.69. The summed E-state index contributed by atoms with van der Waals surface area (Å²) >= 11 is 2.34. The Balaban J connectivity index is 4.02. The minimum Gasteiger partial charge on any atom is -0.466 e. The summed E-state index contributed by atoms with van der Waals surface area (Å²) in [6, 6.07) is 0.157. The third-order valence-corrected chi connectivity index (χ3v) is 2.73. The van der Waals surface area contributed by atoms with Crippen molar-refractivity contribution >= 4 is 28.6 Å². The molecule has 3 nitrogen and oxygen atoms in total. The van der Waals surface area contributed by atoms with Gasteiger partial charge in [-0.25, -0.2) is 0 Å². The number of nitrogens with one attached hydrogen (secondary N) is 1. The van der Waals surface area contributed by atoms with Gasteiger partial charge in [0.2, 0.25) is 0 Å². The highest BCUT2D eigenvalue weighted by molar-refractivity contribution is 14.1. The molecule has 0 aliphatic carbocycles. The first kappa shape index (κ1) is 15.5. The Hall–Kier alpha value is -0.520. The molecular weight excluding hydrogens is 317 g/mol. The van der Waals surface area contributed by atoms with E-state index in [1.807, 2.05) is 19.2 Å². The Morgan fingerprint density at radius 3 is 2.94 bits per heavy atom. The van der Waals surface area contributed by atoms with Crippen LogP contribution in [-0.4, -0.2) is 23.0 Å². The van der Waals surface area contributed by atoms with Crippen molar-refractivity contribution in [2.45, 2.75) is 32.2 Å². The van der Waals surface area contributed by atoms with Gasteiger partial charge in [0.15, 0.2) is 0 Å². The molecule has 16 heavy (non-hydrogen) atoms. The number of ether oxygens (including phenoxy) is 1. The summed E-state index contributed by atoms with van der Waals surface area (Å²) in [5.74, 6) is -0.138. The lowest BCUT2D eigenvalue weighted by atomic mass is 10.1. The van der Waals surface area contributed by atoms with E-state index in [0.29, 0.717) is 13.0 Å². The molecule has 0 saturated carbocycles. The molecule has 0 saturated heterocycles. The maximum absolute atomic E-state index is 11.3. The number of esters is 1. The molecule has 0 spiro atoms. The van der Waals surface area contributed by atoms with Crippen molar-refractivity contribution in [1.82, 2.24) is 5.32 Å². The SMILES string of the molecule is C=C/C=C\N[C@H](CCCI)CC(=O)OCC. The molecule has 0 aliphatic rings. The van der Waals surface area contributed by atoms with Crippen LogP contribution in [0, 0.1) is 0 Å². The molecule has 0 heterocycles. The number of allylic oxidation sites excluding steroid dienone is 2. The first-order valence-corrected chi connectivity index (χ1v) is 7.02. The van der Waals surface area contributed by atoms with Crippen LogP contribution in [0.15, 0.2) is 24.9 Å². The topological polar surface area (TPSA) is 38.3 Å². The van der Waals surface area contributed by atoms with Crippen molar-refractivity contribution in [1.29, 1.82) is 0 Å². The van der Waals surface area contributed by atoms with Gasteiger partial charge in [0.05, 0.1) is 13.0 Å². The second-order valence-electron chi connectivity index (χ2n) is 3.30. The molecule has 92 valence electrons. The lowest BCUT2D eigenvalue weighted by molar-refractivity contribution is -0.143. The fourth-order valence-electron chi connectivity index (χ4n) is 1.25. The Kier molecular flexibility index (Phi) is 10.6. The maximum Gasteiger partial charge on any atom is 0.307 e. The van der Waals surface area contributed by atoms with Crippen molar-refractivity contribution in [3.05, 3.63) is 24.9 Å². The molecule has 0 aromatic rings. The standard InChI is InChI=1S/C12H20INO2/c1-3-5-9-14-11(7-6-8-13)10-12(15)16-4-2/h3,5,9,11,14H,1,4,6-8,10H2,2H3/b9-5-/t11-/m1/s1. The minimum absolute atomic E-state index is 0.138. The quantitative estimate of drug-likeness (QED) is 0.304. The van der Waals surface area contributed by atoms with Gasteiger partial charge in [0.25, 0.3) is 0 Å². The Labute approximate surface area is 111 Å². The summed E-state index contributed by atoms with van der Waals surface area (Å²) in [5.41, 5.74) is 0. The van der Waals surface area contributed by atoms with E-state index in [-0.39, 0.29) is 12.0 Å². The monoisotopic (exact) mass is 337 g/mol. The predicted molar refractivity (Wildman–Crippen MR) is 75.6 cm³/mol. The molecule has 0 fully saturated rings. The van der Waals surface area contributed by atoms with Crippen LogP contribution >= 0.6 is 22.6 Å². The van der Waals surface area contributed by atoms with Gasteiger partial charge in [0, 0.05) is 6.04 Å². The highest BCUT2D eigenvalue weighted by Crippen LogP contribution is 2.05. The normalized spacial score (nSPS) is 12.4. The third kappa shape index (κ3) is 8.76. The number of alkyl halides is 1. The van der Waals surface area contributed by atoms with E-state index in [2.05, 4.69) is 34.5 Å². The molecule has 1 N–H and O–H groups in total. The summed E-state index contributed by atoms with van der Waals surface area (Å²) in [7, 11) is 0. The third-order valence-electron chi connectivity index (χ3n) is 1.97. The lowest BCUT2D eigenvalue weighted by Gasteiger charge is -2.15. The number of hydrogen-bond donors (Lipinski definition) is 1. The van der Waals surface area contributed by atoms with Crippen molar-refractivity contribution in [3.8, 4) is 0 Å². The zero-order valence-electron chi connectivity index (χ0n) is 9.75. The summed E-state index contributed by atoms with van der Waals surface area (Å²) in [5, 5.41) is 3.19. The zero-order valence-corrected chi connectivity index (χ0v) is 11.9. The molecule has 0 unspecified atom stereocenters. The molecule has 1 atom stereocenters. The van der Waals surface area contributed by atoms with Crippen molar-refractivity contribution in [2.24, 2.45) is 0 Å². The van der Waals surface area contributed by atoms with Gasteiger partial charge in [-0.3, -0.25) is 4.79 Å². The van der Waals surface area contributed by atoms with Crippen LogP contribution in [-0.2, 0) is 9.53 Å². The number of carbonyl (C=O) groups excluding carboxylic acids is 1. The van der Waals surface area contributed by atoms with Gasteiger partial charge >= 0.3 is 5.97 Å². The summed E-state index contributed by atoms with van der Waals surface area (Å²) in [6.07, 6.45) is 7.84. The van der Waals surface area contributed by atoms with Crippen LogP contribution in [0.5, 0.6) is 0 Å². The number of rotatable bonds is 9. The van der Waals surface area contributed by atoms with Crippen LogP contribution in [0.2, 0.25) is 0 Å². The van der Waals surface area contributed by atoms with E-state index < -0.39 is 0 Å². The zero-order chi connectivity index (χ0) is 12.2. The minimum atomic E-state index is -0.138. The van der Waals surface area contributed by atoms with Crippen LogP contribution in [0.4, 0.5) is 0 Å². The van der Waals surface area contributed by atoms with Crippen LogP contribution < -0.4 is 5.32 Å². The van der Waals surface area contributed by atoms with E-state index in [0.717, 1.165) is 17.3 Å². The van der Waals surface area contributed by atoms with E-state index in [9.17, 15) is 4.79 Å². The number of halogens is 1. The van der Waals surface area contributed by atoms with E-state index in [1.54, 1.807) is 6.08 Å². The van der Waals surface area contributed by atoms with Gasteiger partial charge in [-0.15, -0.1) is 0 Å². The van der Waals surface area contributed by atoms with Crippen LogP contribution in [0.3, 0.4) is 0 Å². The van der Waals surface area contributed by atoms with E-state index >= 15 is 0 Å². The maximum atomic E-state index is 11.3. The molecule has 4 heteroatoms. The van der Waals surface area contributed by atoms with Crippen LogP contribution in [0.25, 0.3) is 0 Å². The molecular formula is C12H20INO2. The average molecular weight is 337 g/mol. The predicted octanol–water partition coefficient (Wildman–Crippen LogP) is 2.81. The van der Waals surface area contributed by atoms with E-state index in [1.165, 1.54) is 0 Å². The van der Waals surface area contributed by atoms with Gasteiger partial charge in [-0.1, -0.05) is 35.2 Å². The average Bonchev–Trinajstić information content (AvgIpc) is 2.26. The second-order valence-corrected chi connectivity index (χ2v) is 4.38. The molecule has 0 bridgehead atoms. The largest absolute Gasteiger partial charge is 0.466 e. The van der Waals surface area contributed by atoms with Crippen molar-refractivity contribution < 1.29 is 9.53 Å². The Bertz CT molecular complexity index is 229. The molecule has 0 amide bonds. The molecule has 0 radical (unpaired) electrons. The first-order valence-electron chi connectivity index (χ1n) is 5.49. The summed E-state index contributed by atoms with van der Waals surface area (Å²) in [4.78, 5) is 11.3. The van der Waals surface area contributed by atoms with Crippen molar-refractivity contribution in [3.63, 3.8) is 0 Å². The Morgan fingerprint density at radius 1 is 1.62 bits per heavy atom. The molecule has 0 aliphatic heterocycles.